The molecule has 1 spiro atoms. The standard InChI is InChI=1S/C22H25FN2O/c23-19-7-3-6-18-17(19)8-9-22(18)10-12-25(13-11-22)20-14-15-4-1-2-5-16(15)21(26)24-20/h3,6-7,14H,1-2,4-5,8-13H2,(H,24,26). The molecule has 4 heteroatoms. The highest BCUT2D eigenvalue weighted by atomic mass is 19.1. The Kier molecular flexibility index (Phi) is 3.70. The molecule has 5 rings (SSSR count). The van der Waals surface area contributed by atoms with Crippen LogP contribution in [0, 0.1) is 5.82 Å². The highest BCUT2D eigenvalue weighted by molar-refractivity contribution is 5.47. The van der Waals surface area contributed by atoms with Crippen LogP contribution in [0.2, 0.25) is 0 Å². The summed E-state index contributed by atoms with van der Waals surface area (Å²) in [6.07, 6.45) is 8.21. The highest BCUT2D eigenvalue weighted by Crippen LogP contribution is 2.47. The van der Waals surface area contributed by atoms with Gasteiger partial charge in [0.25, 0.3) is 5.56 Å². The first kappa shape index (κ1) is 16.1. The zero-order valence-electron chi connectivity index (χ0n) is 15.1. The molecule has 136 valence electrons. The number of nitrogens with zero attached hydrogens (tertiary/aromatic N) is 1. The van der Waals surface area contributed by atoms with Crippen LogP contribution in [0.15, 0.2) is 29.1 Å². The number of pyridine rings is 1. The van der Waals surface area contributed by atoms with Crippen molar-refractivity contribution in [3.05, 3.63) is 62.7 Å². The molecular formula is C22H25FN2O. The van der Waals surface area contributed by atoms with Gasteiger partial charge in [0.1, 0.15) is 11.6 Å². The summed E-state index contributed by atoms with van der Waals surface area (Å²) in [5, 5.41) is 0. The van der Waals surface area contributed by atoms with Crippen LogP contribution in [0.3, 0.4) is 0 Å². The number of aromatic amines is 1. The maximum Gasteiger partial charge on any atom is 0.252 e. The van der Waals surface area contributed by atoms with E-state index >= 15 is 0 Å². The van der Waals surface area contributed by atoms with Gasteiger partial charge in [0.15, 0.2) is 0 Å². The second-order valence-electron chi connectivity index (χ2n) is 8.23. The average molecular weight is 352 g/mol. The van der Waals surface area contributed by atoms with Crippen molar-refractivity contribution in [1.29, 1.82) is 0 Å². The molecular weight excluding hydrogens is 327 g/mol. The number of aromatic nitrogens is 1. The minimum Gasteiger partial charge on any atom is -0.358 e. The molecule has 26 heavy (non-hydrogen) atoms. The van der Waals surface area contributed by atoms with Gasteiger partial charge in [-0.25, -0.2) is 4.39 Å². The predicted molar refractivity (Wildman–Crippen MR) is 102 cm³/mol. The van der Waals surface area contributed by atoms with Crippen LogP contribution >= 0.6 is 0 Å². The number of piperidine rings is 1. The average Bonchev–Trinajstić information content (AvgIpc) is 3.02. The first-order valence-corrected chi connectivity index (χ1v) is 9.94. The van der Waals surface area contributed by atoms with Crippen molar-refractivity contribution in [2.75, 3.05) is 18.0 Å². The van der Waals surface area contributed by atoms with Gasteiger partial charge in [0.05, 0.1) is 0 Å². The van der Waals surface area contributed by atoms with E-state index in [2.05, 4.69) is 22.0 Å². The molecule has 1 aromatic heterocycles. The Balaban J connectivity index is 1.40. The number of rotatable bonds is 1. The van der Waals surface area contributed by atoms with Gasteiger partial charge in [-0.15, -0.1) is 0 Å². The number of nitrogens with one attached hydrogen (secondary N) is 1. The molecule has 2 aliphatic carbocycles. The van der Waals surface area contributed by atoms with Gasteiger partial charge in [-0.1, -0.05) is 12.1 Å². The topological polar surface area (TPSA) is 36.1 Å². The lowest BCUT2D eigenvalue weighted by Gasteiger charge is -2.41. The van der Waals surface area contributed by atoms with Gasteiger partial charge in [-0.05, 0) is 85.6 Å². The van der Waals surface area contributed by atoms with E-state index in [1.54, 1.807) is 6.07 Å². The van der Waals surface area contributed by atoms with Crippen LogP contribution in [0.25, 0.3) is 0 Å². The third-order valence-electron chi connectivity index (χ3n) is 6.94. The number of hydrogen-bond donors (Lipinski definition) is 1. The van der Waals surface area contributed by atoms with E-state index in [1.807, 2.05) is 6.07 Å². The van der Waals surface area contributed by atoms with E-state index in [9.17, 15) is 9.18 Å². The zero-order chi connectivity index (χ0) is 17.7. The minimum atomic E-state index is -0.0409. The fraction of sp³-hybridized carbons (Fsp3) is 0.500. The van der Waals surface area contributed by atoms with Crippen LogP contribution in [-0.4, -0.2) is 18.1 Å². The molecule has 0 radical (unpaired) electrons. The van der Waals surface area contributed by atoms with Crippen LogP contribution in [0.5, 0.6) is 0 Å². The van der Waals surface area contributed by atoms with Crippen molar-refractivity contribution in [2.45, 2.75) is 56.8 Å². The van der Waals surface area contributed by atoms with Gasteiger partial charge in [0.2, 0.25) is 0 Å². The molecule has 3 nitrogen and oxygen atoms in total. The van der Waals surface area contributed by atoms with E-state index < -0.39 is 0 Å². The van der Waals surface area contributed by atoms with Crippen molar-refractivity contribution >= 4 is 5.82 Å². The molecule has 0 unspecified atom stereocenters. The summed E-state index contributed by atoms with van der Waals surface area (Å²) in [4.78, 5) is 17.9. The molecule has 1 saturated heterocycles. The molecule has 2 heterocycles. The lowest BCUT2D eigenvalue weighted by atomic mass is 9.74. The number of halogens is 1. The van der Waals surface area contributed by atoms with Crippen molar-refractivity contribution < 1.29 is 4.39 Å². The number of aryl methyl sites for hydroxylation is 1. The van der Waals surface area contributed by atoms with E-state index in [0.29, 0.717) is 0 Å². The summed E-state index contributed by atoms with van der Waals surface area (Å²) >= 11 is 0. The molecule has 0 amide bonds. The van der Waals surface area contributed by atoms with E-state index in [4.69, 9.17) is 0 Å². The lowest BCUT2D eigenvalue weighted by Crippen LogP contribution is -2.42. The van der Waals surface area contributed by atoms with Gasteiger partial charge < -0.3 is 9.88 Å². The maximum atomic E-state index is 14.1. The fourth-order valence-corrected chi connectivity index (χ4v) is 5.41. The first-order chi connectivity index (χ1) is 12.7. The maximum absolute atomic E-state index is 14.1. The Hall–Kier alpha value is -2.10. The number of benzene rings is 1. The Morgan fingerprint density at radius 3 is 2.65 bits per heavy atom. The summed E-state index contributed by atoms with van der Waals surface area (Å²) in [7, 11) is 0. The Labute approximate surface area is 153 Å². The van der Waals surface area contributed by atoms with Crippen molar-refractivity contribution in [2.24, 2.45) is 0 Å². The van der Waals surface area contributed by atoms with Gasteiger partial charge in [0, 0.05) is 18.7 Å². The Bertz CT molecular complexity index is 909. The molecule has 0 bridgehead atoms. The predicted octanol–water partition coefficient (Wildman–Crippen LogP) is 3.88. The van der Waals surface area contributed by atoms with Crippen LogP contribution in [-0.2, 0) is 24.7 Å². The third-order valence-corrected chi connectivity index (χ3v) is 6.94. The molecule has 1 fully saturated rings. The highest BCUT2D eigenvalue weighted by Gasteiger charge is 2.42. The van der Waals surface area contributed by atoms with E-state index in [0.717, 1.165) is 75.0 Å². The number of hydrogen-bond acceptors (Lipinski definition) is 2. The van der Waals surface area contributed by atoms with Gasteiger partial charge in [-0.2, -0.15) is 0 Å². The monoisotopic (exact) mass is 352 g/mol. The SMILES string of the molecule is O=c1[nH]c(N2CCC3(CCc4c(F)cccc43)CC2)cc2c1CCCC2. The van der Waals surface area contributed by atoms with Crippen molar-refractivity contribution in [3.8, 4) is 0 Å². The summed E-state index contributed by atoms with van der Waals surface area (Å²) in [6.45, 7) is 1.84. The molecule has 1 N–H and O–H groups in total. The van der Waals surface area contributed by atoms with Gasteiger partial charge >= 0.3 is 0 Å². The fourth-order valence-electron chi connectivity index (χ4n) is 5.41. The molecule has 0 saturated carbocycles. The second-order valence-corrected chi connectivity index (χ2v) is 8.23. The first-order valence-electron chi connectivity index (χ1n) is 9.94. The Morgan fingerprint density at radius 2 is 1.81 bits per heavy atom. The number of H-pyrrole nitrogens is 1. The van der Waals surface area contributed by atoms with Gasteiger partial charge in [-0.3, -0.25) is 4.79 Å². The number of anilines is 1. The van der Waals surface area contributed by atoms with E-state index in [-0.39, 0.29) is 16.8 Å². The molecule has 1 aliphatic heterocycles. The minimum absolute atomic E-state index is 0.0409. The summed E-state index contributed by atoms with van der Waals surface area (Å²) < 4.78 is 14.1. The van der Waals surface area contributed by atoms with Crippen molar-refractivity contribution in [1.82, 2.24) is 4.98 Å². The zero-order valence-corrected chi connectivity index (χ0v) is 15.1. The van der Waals surface area contributed by atoms with Crippen LogP contribution in [0.4, 0.5) is 10.2 Å². The number of fused-ring (bicyclic) bond motifs is 3. The third kappa shape index (κ3) is 2.42. The molecule has 1 aromatic carbocycles. The van der Waals surface area contributed by atoms with Crippen LogP contribution < -0.4 is 10.5 Å². The summed E-state index contributed by atoms with van der Waals surface area (Å²) in [5.74, 6) is 0.934. The summed E-state index contributed by atoms with van der Waals surface area (Å²) in [6, 6.07) is 7.78. The quantitative estimate of drug-likeness (QED) is 0.846. The Morgan fingerprint density at radius 1 is 1.00 bits per heavy atom. The molecule has 2 aromatic rings. The molecule has 0 atom stereocenters. The summed E-state index contributed by atoms with van der Waals surface area (Å²) in [5.41, 5.74) is 4.63. The smallest absolute Gasteiger partial charge is 0.252 e. The lowest BCUT2D eigenvalue weighted by molar-refractivity contribution is 0.329. The van der Waals surface area contributed by atoms with Crippen LogP contribution in [0.1, 0.15) is 54.4 Å². The van der Waals surface area contributed by atoms with Crippen molar-refractivity contribution in [3.63, 3.8) is 0 Å². The largest absolute Gasteiger partial charge is 0.358 e. The normalized spacial score (nSPS) is 20.9. The second kappa shape index (κ2) is 5.97. The molecule has 3 aliphatic rings. The van der Waals surface area contributed by atoms with E-state index in [1.165, 1.54) is 17.5 Å².